The Labute approximate surface area is 185 Å². The molecule has 1 aliphatic heterocycles. The average Bonchev–Trinajstić information content (AvgIpc) is 2.81. The van der Waals surface area contributed by atoms with Gasteiger partial charge < -0.3 is 20.3 Å². The van der Waals surface area contributed by atoms with Crippen LogP contribution in [0.1, 0.15) is 32.6 Å². The number of fused-ring (bicyclic) bond motifs is 1. The number of aromatic nitrogens is 1. The lowest BCUT2D eigenvalue weighted by molar-refractivity contribution is -0.113. The number of hydrogen-bond donors (Lipinski definition) is 3. The van der Waals surface area contributed by atoms with Crippen molar-refractivity contribution in [3.8, 4) is 22.6 Å². The summed E-state index contributed by atoms with van der Waals surface area (Å²) < 4.78 is 5.83. The average molecular weight is 430 g/mol. The Kier molecular flexibility index (Phi) is 5.40. The van der Waals surface area contributed by atoms with Crippen LogP contribution >= 0.6 is 0 Å². The van der Waals surface area contributed by atoms with E-state index in [9.17, 15) is 19.8 Å². The highest BCUT2D eigenvalue weighted by Gasteiger charge is 2.24. The minimum atomic E-state index is -1.16. The van der Waals surface area contributed by atoms with Gasteiger partial charge in [0, 0.05) is 29.1 Å². The highest BCUT2D eigenvalue weighted by Crippen LogP contribution is 2.40. The maximum absolute atomic E-state index is 12.9. The van der Waals surface area contributed by atoms with Crippen molar-refractivity contribution in [2.45, 2.75) is 20.8 Å². The van der Waals surface area contributed by atoms with Crippen LogP contribution in [0.3, 0.4) is 0 Å². The minimum Gasteiger partial charge on any atom is -0.507 e. The van der Waals surface area contributed by atoms with Crippen LogP contribution in [-0.4, -0.2) is 33.7 Å². The predicted molar refractivity (Wildman–Crippen MR) is 121 cm³/mol. The highest BCUT2D eigenvalue weighted by atomic mass is 16.5. The normalized spacial score (nSPS) is 12.4. The maximum Gasteiger partial charge on any atom is 0.337 e. The molecule has 4 rings (SSSR count). The van der Waals surface area contributed by atoms with E-state index in [1.165, 1.54) is 6.07 Å². The van der Waals surface area contributed by atoms with E-state index < -0.39 is 11.9 Å². The molecule has 7 nitrogen and oxygen atoms in total. The van der Waals surface area contributed by atoms with Crippen LogP contribution in [0.4, 0.5) is 5.69 Å². The van der Waals surface area contributed by atoms with Gasteiger partial charge in [-0.05, 0) is 61.7 Å². The molecule has 3 aromatic rings. The van der Waals surface area contributed by atoms with Crippen molar-refractivity contribution >= 4 is 23.6 Å². The van der Waals surface area contributed by atoms with E-state index in [4.69, 9.17) is 4.74 Å². The lowest BCUT2D eigenvalue weighted by Crippen LogP contribution is -2.23. The summed E-state index contributed by atoms with van der Waals surface area (Å²) in [6.45, 7) is 5.48. The SMILES string of the molecule is Cc1c(C)c2c(c(C)c1O)C=C(C(=O)Nc1ccc(-c3cccnc3)cc1C(=O)O)CO2. The molecule has 0 aliphatic carbocycles. The number of pyridine rings is 1. The first kappa shape index (κ1) is 21.1. The quantitative estimate of drug-likeness (QED) is 0.563. The van der Waals surface area contributed by atoms with Crippen LogP contribution in [0, 0.1) is 20.8 Å². The van der Waals surface area contributed by atoms with E-state index in [1.54, 1.807) is 43.6 Å². The second-order valence-corrected chi connectivity index (χ2v) is 7.69. The molecule has 0 saturated carbocycles. The lowest BCUT2D eigenvalue weighted by Gasteiger charge is -2.23. The number of ether oxygens (including phenoxy) is 1. The Bertz CT molecular complexity index is 1280. The van der Waals surface area contributed by atoms with Gasteiger partial charge in [0.25, 0.3) is 5.91 Å². The number of phenols is 1. The molecule has 162 valence electrons. The van der Waals surface area contributed by atoms with Gasteiger partial charge in [0.2, 0.25) is 0 Å². The fraction of sp³-hybridized carbons (Fsp3) is 0.160. The first-order valence-corrected chi connectivity index (χ1v) is 10.0. The molecular weight excluding hydrogens is 408 g/mol. The Morgan fingerprint density at radius 3 is 2.53 bits per heavy atom. The standard InChI is InChI=1S/C25H22N2O5/c1-13-14(2)23-19(15(3)22(13)28)10-18(12-32-23)24(29)27-21-7-6-16(9-20(21)25(30)31)17-5-4-8-26-11-17/h4-11,28H,12H2,1-3H3,(H,27,29)(H,30,31). The number of carboxylic acids is 1. The second kappa shape index (κ2) is 8.19. The topological polar surface area (TPSA) is 109 Å². The number of hydrogen-bond acceptors (Lipinski definition) is 5. The van der Waals surface area contributed by atoms with Crippen LogP contribution < -0.4 is 10.1 Å². The van der Waals surface area contributed by atoms with Crippen LogP contribution in [0.2, 0.25) is 0 Å². The van der Waals surface area contributed by atoms with E-state index in [1.807, 2.05) is 19.9 Å². The number of carboxylic acid groups (broad SMARTS) is 1. The van der Waals surface area contributed by atoms with Crippen LogP contribution in [0.5, 0.6) is 11.5 Å². The lowest BCUT2D eigenvalue weighted by atomic mass is 9.94. The van der Waals surface area contributed by atoms with Crippen molar-refractivity contribution in [3.05, 3.63) is 76.1 Å². The zero-order valence-corrected chi connectivity index (χ0v) is 17.9. The van der Waals surface area contributed by atoms with E-state index in [-0.39, 0.29) is 23.6 Å². The van der Waals surface area contributed by atoms with E-state index in [0.717, 1.165) is 16.7 Å². The number of aromatic hydroxyl groups is 1. The summed E-state index contributed by atoms with van der Waals surface area (Å²) in [4.78, 5) is 28.8. The second-order valence-electron chi connectivity index (χ2n) is 7.69. The van der Waals surface area contributed by atoms with Crippen molar-refractivity contribution in [2.24, 2.45) is 0 Å². The Balaban J connectivity index is 1.66. The molecule has 0 spiro atoms. The summed E-state index contributed by atoms with van der Waals surface area (Å²) in [5.41, 5.74) is 4.76. The molecule has 2 heterocycles. The molecule has 32 heavy (non-hydrogen) atoms. The van der Waals surface area contributed by atoms with Gasteiger partial charge in [0.1, 0.15) is 18.1 Å². The number of anilines is 1. The molecule has 0 bridgehead atoms. The van der Waals surface area contributed by atoms with Gasteiger partial charge in [0.05, 0.1) is 16.8 Å². The molecule has 3 N–H and O–H groups in total. The number of aromatic carboxylic acids is 1. The zero-order chi connectivity index (χ0) is 23.0. The first-order chi connectivity index (χ1) is 15.3. The van der Waals surface area contributed by atoms with Crippen LogP contribution in [0.25, 0.3) is 17.2 Å². The van der Waals surface area contributed by atoms with Crippen molar-refractivity contribution in [3.63, 3.8) is 0 Å². The predicted octanol–water partition coefficient (Wildman–Crippen LogP) is 4.49. The number of nitrogens with one attached hydrogen (secondary N) is 1. The molecule has 0 fully saturated rings. The van der Waals surface area contributed by atoms with Gasteiger partial charge in [-0.1, -0.05) is 12.1 Å². The summed E-state index contributed by atoms with van der Waals surface area (Å²) in [5.74, 6) is -0.815. The molecular formula is C25H22N2O5. The fourth-order valence-corrected chi connectivity index (χ4v) is 3.73. The van der Waals surface area contributed by atoms with Gasteiger partial charge in [-0.15, -0.1) is 0 Å². The Hall–Kier alpha value is -4.13. The van der Waals surface area contributed by atoms with E-state index in [0.29, 0.717) is 28.0 Å². The zero-order valence-electron chi connectivity index (χ0n) is 17.9. The summed E-state index contributed by atoms with van der Waals surface area (Å²) in [6.07, 6.45) is 4.96. The van der Waals surface area contributed by atoms with E-state index in [2.05, 4.69) is 10.3 Å². The summed E-state index contributed by atoms with van der Waals surface area (Å²) in [6, 6.07) is 8.39. The third-order valence-corrected chi connectivity index (χ3v) is 5.74. The number of carbonyl (C=O) groups excluding carboxylic acids is 1. The van der Waals surface area contributed by atoms with Gasteiger partial charge >= 0.3 is 5.97 Å². The molecule has 1 amide bonds. The van der Waals surface area contributed by atoms with Crippen molar-refractivity contribution in [1.29, 1.82) is 0 Å². The van der Waals surface area contributed by atoms with Crippen molar-refractivity contribution in [2.75, 3.05) is 11.9 Å². The number of nitrogens with zero attached hydrogens (tertiary/aromatic N) is 1. The fourth-order valence-electron chi connectivity index (χ4n) is 3.73. The third-order valence-electron chi connectivity index (χ3n) is 5.74. The number of rotatable bonds is 4. The summed E-state index contributed by atoms with van der Waals surface area (Å²) in [7, 11) is 0. The molecule has 0 radical (unpaired) electrons. The van der Waals surface area contributed by atoms with Crippen LogP contribution in [-0.2, 0) is 4.79 Å². The van der Waals surface area contributed by atoms with Gasteiger partial charge in [-0.3, -0.25) is 9.78 Å². The van der Waals surface area contributed by atoms with Crippen molar-refractivity contribution in [1.82, 2.24) is 4.98 Å². The van der Waals surface area contributed by atoms with Gasteiger partial charge in [-0.25, -0.2) is 4.79 Å². The third kappa shape index (κ3) is 3.69. The molecule has 1 aromatic heterocycles. The smallest absolute Gasteiger partial charge is 0.337 e. The van der Waals surface area contributed by atoms with Crippen LogP contribution in [0.15, 0.2) is 48.3 Å². The largest absolute Gasteiger partial charge is 0.507 e. The monoisotopic (exact) mass is 430 g/mol. The number of phenolic OH excluding ortho intramolecular Hbond substituents is 1. The van der Waals surface area contributed by atoms with Gasteiger partial charge in [0.15, 0.2) is 0 Å². The maximum atomic E-state index is 12.9. The van der Waals surface area contributed by atoms with E-state index >= 15 is 0 Å². The summed E-state index contributed by atoms with van der Waals surface area (Å²) >= 11 is 0. The molecule has 7 heteroatoms. The first-order valence-electron chi connectivity index (χ1n) is 10.0. The molecule has 0 unspecified atom stereocenters. The number of benzene rings is 2. The van der Waals surface area contributed by atoms with Gasteiger partial charge in [-0.2, -0.15) is 0 Å². The molecule has 0 atom stereocenters. The summed E-state index contributed by atoms with van der Waals surface area (Å²) in [5, 5.41) is 22.7. The molecule has 2 aromatic carbocycles. The molecule has 1 aliphatic rings. The minimum absolute atomic E-state index is 0.0299. The number of carbonyl (C=O) groups is 2. The highest BCUT2D eigenvalue weighted by molar-refractivity contribution is 6.10. The molecule has 0 saturated heterocycles. The van der Waals surface area contributed by atoms with Crippen molar-refractivity contribution < 1.29 is 24.5 Å². The number of amides is 1. The Morgan fingerprint density at radius 1 is 1.06 bits per heavy atom. The Morgan fingerprint density at radius 2 is 1.84 bits per heavy atom.